The van der Waals surface area contributed by atoms with Gasteiger partial charge in [0.15, 0.2) is 0 Å². The van der Waals surface area contributed by atoms with Gasteiger partial charge in [0.2, 0.25) is 0 Å². The van der Waals surface area contributed by atoms with Crippen LogP contribution in [0.1, 0.15) is 5.69 Å². The van der Waals surface area contributed by atoms with Gasteiger partial charge in [0.05, 0.1) is 23.1 Å². The molecule has 92 valence electrons. The lowest BCUT2D eigenvalue weighted by Gasteiger charge is -1.98. The molecule has 0 spiro atoms. The fourth-order valence-corrected chi connectivity index (χ4v) is 2.09. The normalized spacial score (nSPS) is 11.2. The number of hydrogen-bond donors (Lipinski definition) is 0. The number of rotatable bonds is 2. The van der Waals surface area contributed by atoms with Gasteiger partial charge in [-0.05, 0) is 36.4 Å². The SMILES string of the molecule is Brc1ccc(N=Cc2ccc3ccccc3n2)cc1. The quantitative estimate of drug-likeness (QED) is 0.627. The molecule has 0 amide bonds. The van der Waals surface area contributed by atoms with Gasteiger partial charge in [0, 0.05) is 9.86 Å². The Morgan fingerprint density at radius 3 is 2.53 bits per heavy atom. The Balaban J connectivity index is 1.90. The zero-order chi connectivity index (χ0) is 13.1. The number of benzene rings is 2. The molecule has 0 fully saturated rings. The van der Waals surface area contributed by atoms with Crippen LogP contribution >= 0.6 is 15.9 Å². The molecule has 0 aliphatic carbocycles. The van der Waals surface area contributed by atoms with Gasteiger partial charge < -0.3 is 0 Å². The van der Waals surface area contributed by atoms with Crippen LogP contribution in [0, 0.1) is 0 Å². The molecule has 1 aromatic heterocycles. The predicted octanol–water partition coefficient (Wildman–Crippen LogP) is 4.75. The Morgan fingerprint density at radius 2 is 1.68 bits per heavy atom. The van der Waals surface area contributed by atoms with Crippen molar-refractivity contribution in [3.63, 3.8) is 0 Å². The van der Waals surface area contributed by atoms with Gasteiger partial charge in [0.25, 0.3) is 0 Å². The minimum Gasteiger partial charge on any atom is -0.255 e. The van der Waals surface area contributed by atoms with Gasteiger partial charge in [-0.3, -0.25) is 4.99 Å². The Kier molecular flexibility index (Phi) is 3.38. The number of halogens is 1. The fourth-order valence-electron chi connectivity index (χ4n) is 1.82. The molecule has 3 rings (SSSR count). The largest absolute Gasteiger partial charge is 0.255 e. The summed E-state index contributed by atoms with van der Waals surface area (Å²) in [5, 5.41) is 1.14. The maximum atomic E-state index is 4.55. The Bertz CT molecular complexity index is 733. The summed E-state index contributed by atoms with van der Waals surface area (Å²) < 4.78 is 1.05. The molecule has 2 nitrogen and oxygen atoms in total. The second-order valence-corrected chi connectivity index (χ2v) is 5.08. The lowest BCUT2D eigenvalue weighted by Crippen LogP contribution is -1.87. The van der Waals surface area contributed by atoms with Gasteiger partial charge in [-0.2, -0.15) is 0 Å². The van der Waals surface area contributed by atoms with Crippen molar-refractivity contribution in [1.29, 1.82) is 0 Å². The topological polar surface area (TPSA) is 25.2 Å². The zero-order valence-electron chi connectivity index (χ0n) is 10.1. The third kappa shape index (κ3) is 2.88. The highest BCUT2D eigenvalue weighted by Crippen LogP contribution is 2.17. The van der Waals surface area contributed by atoms with Crippen LogP contribution in [0.2, 0.25) is 0 Å². The van der Waals surface area contributed by atoms with Crippen molar-refractivity contribution in [2.24, 2.45) is 4.99 Å². The van der Waals surface area contributed by atoms with E-state index in [1.807, 2.05) is 48.5 Å². The number of fused-ring (bicyclic) bond motifs is 1. The highest BCUT2D eigenvalue weighted by atomic mass is 79.9. The minimum atomic E-state index is 0.863. The molecule has 19 heavy (non-hydrogen) atoms. The monoisotopic (exact) mass is 310 g/mol. The van der Waals surface area contributed by atoms with E-state index in [1.54, 1.807) is 6.21 Å². The Hall–Kier alpha value is -2.00. The Labute approximate surface area is 120 Å². The van der Waals surface area contributed by atoms with E-state index >= 15 is 0 Å². The molecule has 0 saturated carbocycles. The second-order valence-electron chi connectivity index (χ2n) is 4.16. The summed E-state index contributed by atoms with van der Waals surface area (Å²) in [6, 6.07) is 20.0. The van der Waals surface area contributed by atoms with E-state index in [0.29, 0.717) is 0 Å². The van der Waals surface area contributed by atoms with Crippen molar-refractivity contribution >= 4 is 38.7 Å². The molecule has 3 heteroatoms. The van der Waals surface area contributed by atoms with Crippen LogP contribution in [-0.2, 0) is 0 Å². The lowest BCUT2D eigenvalue weighted by molar-refractivity contribution is 1.37. The van der Waals surface area contributed by atoms with Crippen molar-refractivity contribution in [2.75, 3.05) is 0 Å². The van der Waals surface area contributed by atoms with Gasteiger partial charge in [-0.15, -0.1) is 0 Å². The van der Waals surface area contributed by atoms with E-state index in [2.05, 4.69) is 38.0 Å². The molecule has 3 aromatic rings. The van der Waals surface area contributed by atoms with E-state index in [-0.39, 0.29) is 0 Å². The van der Waals surface area contributed by atoms with E-state index in [1.165, 1.54) is 0 Å². The molecule has 0 radical (unpaired) electrons. The predicted molar refractivity (Wildman–Crippen MR) is 83.1 cm³/mol. The molecule has 0 aliphatic rings. The first-order valence-corrected chi connectivity index (χ1v) is 6.76. The van der Waals surface area contributed by atoms with Crippen molar-refractivity contribution < 1.29 is 0 Å². The summed E-state index contributed by atoms with van der Waals surface area (Å²) >= 11 is 3.40. The van der Waals surface area contributed by atoms with Crippen molar-refractivity contribution in [3.05, 3.63) is 70.8 Å². The molecule has 1 heterocycles. The average molecular weight is 311 g/mol. The number of aliphatic imine (C=N–C) groups is 1. The summed E-state index contributed by atoms with van der Waals surface area (Å²) in [7, 11) is 0. The van der Waals surface area contributed by atoms with Crippen LogP contribution in [0.25, 0.3) is 10.9 Å². The number of pyridine rings is 1. The first-order valence-electron chi connectivity index (χ1n) is 5.97. The van der Waals surface area contributed by atoms with Crippen molar-refractivity contribution in [3.8, 4) is 0 Å². The maximum absolute atomic E-state index is 4.55. The number of para-hydroxylation sites is 1. The smallest absolute Gasteiger partial charge is 0.0820 e. The fraction of sp³-hybridized carbons (Fsp3) is 0. The van der Waals surface area contributed by atoms with Crippen LogP contribution in [0.4, 0.5) is 5.69 Å². The van der Waals surface area contributed by atoms with Gasteiger partial charge in [0.1, 0.15) is 0 Å². The van der Waals surface area contributed by atoms with Crippen LogP contribution in [0.15, 0.2) is 70.1 Å². The van der Waals surface area contributed by atoms with E-state index in [0.717, 1.165) is 26.8 Å². The molecular weight excluding hydrogens is 300 g/mol. The first kappa shape index (κ1) is 12.1. The van der Waals surface area contributed by atoms with Crippen molar-refractivity contribution in [2.45, 2.75) is 0 Å². The van der Waals surface area contributed by atoms with E-state index < -0.39 is 0 Å². The van der Waals surface area contributed by atoms with E-state index in [9.17, 15) is 0 Å². The number of nitrogens with zero attached hydrogens (tertiary/aromatic N) is 2. The summed E-state index contributed by atoms with van der Waals surface area (Å²) in [4.78, 5) is 8.97. The number of aromatic nitrogens is 1. The van der Waals surface area contributed by atoms with Gasteiger partial charge >= 0.3 is 0 Å². The summed E-state index contributed by atoms with van der Waals surface area (Å²) in [6.07, 6.45) is 1.79. The molecule has 0 saturated heterocycles. The third-order valence-corrected chi connectivity index (χ3v) is 3.32. The standard InChI is InChI=1S/C16H11BrN2/c17-13-6-9-14(10-7-13)18-11-15-8-5-12-3-1-2-4-16(12)19-15/h1-11H. The first-order chi connectivity index (χ1) is 9.31. The summed E-state index contributed by atoms with van der Waals surface area (Å²) in [5.41, 5.74) is 2.77. The molecule has 0 bridgehead atoms. The van der Waals surface area contributed by atoms with Gasteiger partial charge in [-0.1, -0.05) is 40.2 Å². The number of hydrogen-bond acceptors (Lipinski definition) is 2. The lowest BCUT2D eigenvalue weighted by atomic mass is 10.2. The van der Waals surface area contributed by atoms with Crippen LogP contribution in [-0.4, -0.2) is 11.2 Å². The maximum Gasteiger partial charge on any atom is 0.0820 e. The highest BCUT2D eigenvalue weighted by Gasteiger charge is 1.95. The average Bonchev–Trinajstić information content (AvgIpc) is 2.46. The molecule has 0 N–H and O–H groups in total. The molecule has 0 aliphatic heterocycles. The van der Waals surface area contributed by atoms with E-state index in [4.69, 9.17) is 0 Å². The molecule has 0 atom stereocenters. The molecule has 0 unspecified atom stereocenters. The van der Waals surface area contributed by atoms with Gasteiger partial charge in [-0.25, -0.2) is 4.98 Å². The minimum absolute atomic E-state index is 0.863. The molecular formula is C16H11BrN2. The summed E-state index contributed by atoms with van der Waals surface area (Å²) in [6.45, 7) is 0. The van der Waals surface area contributed by atoms with Crippen molar-refractivity contribution in [1.82, 2.24) is 4.98 Å². The summed E-state index contributed by atoms with van der Waals surface area (Å²) in [5.74, 6) is 0. The second kappa shape index (κ2) is 5.33. The highest BCUT2D eigenvalue weighted by molar-refractivity contribution is 9.10. The van der Waals surface area contributed by atoms with Crippen LogP contribution in [0.5, 0.6) is 0 Å². The Morgan fingerprint density at radius 1 is 0.895 bits per heavy atom. The zero-order valence-corrected chi connectivity index (χ0v) is 11.7. The van der Waals surface area contributed by atoms with Crippen LogP contribution in [0.3, 0.4) is 0 Å². The van der Waals surface area contributed by atoms with Crippen LogP contribution < -0.4 is 0 Å². The molecule has 2 aromatic carbocycles. The third-order valence-electron chi connectivity index (χ3n) is 2.79.